The van der Waals surface area contributed by atoms with E-state index in [1.165, 1.54) is 11.3 Å². The normalized spacial score (nSPS) is 16.2. The van der Waals surface area contributed by atoms with Crippen LogP contribution >= 0.6 is 11.3 Å². The number of methoxy groups -OCH3 is 1. The Labute approximate surface area is 193 Å². The maximum Gasteiger partial charge on any atom is 0.263 e. The quantitative estimate of drug-likeness (QED) is 0.637. The fourth-order valence-electron chi connectivity index (χ4n) is 3.79. The van der Waals surface area contributed by atoms with Gasteiger partial charge in [-0.1, -0.05) is 13.0 Å². The SMILES string of the molecule is CC[C@H](C)NC(=O)[C@@H](NC(=O)c1ccc(OC)cc1)C1CCN(C(=O)c2cccs2)CC1. The molecule has 2 aromatic rings. The van der Waals surface area contributed by atoms with Crippen LogP contribution < -0.4 is 15.4 Å². The van der Waals surface area contributed by atoms with Gasteiger partial charge in [0, 0.05) is 24.7 Å². The number of amides is 3. The first kappa shape index (κ1) is 23.8. The van der Waals surface area contributed by atoms with Crippen molar-refractivity contribution in [2.45, 2.75) is 45.2 Å². The van der Waals surface area contributed by atoms with E-state index in [2.05, 4.69) is 10.6 Å². The number of nitrogens with one attached hydrogen (secondary N) is 2. The van der Waals surface area contributed by atoms with Gasteiger partial charge in [0.15, 0.2) is 0 Å². The summed E-state index contributed by atoms with van der Waals surface area (Å²) in [4.78, 5) is 41.1. The fraction of sp³-hybridized carbons (Fsp3) is 0.458. The molecule has 3 rings (SSSR count). The van der Waals surface area contributed by atoms with Gasteiger partial charge in [-0.15, -0.1) is 11.3 Å². The number of hydrogen-bond donors (Lipinski definition) is 2. The summed E-state index contributed by atoms with van der Waals surface area (Å²) in [6.07, 6.45) is 2.11. The summed E-state index contributed by atoms with van der Waals surface area (Å²) in [6, 6.07) is 9.86. The van der Waals surface area contributed by atoms with E-state index >= 15 is 0 Å². The van der Waals surface area contributed by atoms with Gasteiger partial charge in [0.05, 0.1) is 12.0 Å². The smallest absolute Gasteiger partial charge is 0.263 e. The largest absolute Gasteiger partial charge is 0.497 e. The van der Waals surface area contributed by atoms with Gasteiger partial charge >= 0.3 is 0 Å². The fourth-order valence-corrected chi connectivity index (χ4v) is 4.48. The minimum Gasteiger partial charge on any atom is -0.497 e. The zero-order valence-corrected chi connectivity index (χ0v) is 19.6. The number of carbonyl (C=O) groups is 3. The predicted molar refractivity (Wildman–Crippen MR) is 125 cm³/mol. The molecule has 32 heavy (non-hydrogen) atoms. The summed E-state index contributed by atoms with van der Waals surface area (Å²) in [5.41, 5.74) is 0.470. The van der Waals surface area contributed by atoms with Crippen LogP contribution in [0.5, 0.6) is 5.75 Å². The van der Waals surface area contributed by atoms with Crippen molar-refractivity contribution in [3.63, 3.8) is 0 Å². The summed E-state index contributed by atoms with van der Waals surface area (Å²) in [5.74, 6) is 0.170. The molecule has 2 N–H and O–H groups in total. The van der Waals surface area contributed by atoms with Crippen LogP contribution in [0, 0.1) is 5.92 Å². The lowest BCUT2D eigenvalue weighted by Crippen LogP contribution is -2.55. The summed E-state index contributed by atoms with van der Waals surface area (Å²) in [6.45, 7) is 5.08. The van der Waals surface area contributed by atoms with E-state index in [-0.39, 0.29) is 29.7 Å². The Kier molecular flexibility index (Phi) is 8.27. The van der Waals surface area contributed by atoms with Crippen molar-refractivity contribution in [1.29, 1.82) is 0 Å². The minimum absolute atomic E-state index is 0.0170. The third-order valence-electron chi connectivity index (χ3n) is 5.95. The van der Waals surface area contributed by atoms with Crippen LogP contribution in [0.1, 0.15) is 53.1 Å². The number of hydrogen-bond acceptors (Lipinski definition) is 5. The van der Waals surface area contributed by atoms with E-state index in [0.29, 0.717) is 37.2 Å². The second-order valence-corrected chi connectivity index (χ2v) is 9.05. The zero-order valence-electron chi connectivity index (χ0n) is 18.8. The molecule has 8 heteroatoms. The average molecular weight is 458 g/mol. The van der Waals surface area contributed by atoms with Crippen LogP contribution in [-0.2, 0) is 4.79 Å². The number of nitrogens with zero attached hydrogens (tertiary/aromatic N) is 1. The Hall–Kier alpha value is -2.87. The number of piperidine rings is 1. The van der Waals surface area contributed by atoms with Crippen LogP contribution in [0.3, 0.4) is 0 Å². The molecule has 1 aliphatic heterocycles. The van der Waals surface area contributed by atoms with E-state index in [4.69, 9.17) is 4.74 Å². The summed E-state index contributed by atoms with van der Waals surface area (Å²) < 4.78 is 5.15. The van der Waals surface area contributed by atoms with Gasteiger partial charge in [-0.25, -0.2) is 0 Å². The molecule has 7 nitrogen and oxygen atoms in total. The van der Waals surface area contributed by atoms with Gasteiger partial charge in [-0.2, -0.15) is 0 Å². The molecule has 1 aromatic carbocycles. The molecule has 0 bridgehead atoms. The van der Waals surface area contributed by atoms with E-state index in [1.54, 1.807) is 31.4 Å². The standard InChI is InChI=1S/C24H31N3O4S/c1-4-16(2)25-23(29)21(26-22(28)18-7-9-19(31-3)10-8-18)17-11-13-27(14-12-17)24(30)20-6-5-15-32-20/h5-10,15-17,21H,4,11-14H2,1-3H3,(H,25,29)(H,26,28)/t16-,21-/m0/s1. The van der Waals surface area contributed by atoms with E-state index < -0.39 is 6.04 Å². The lowest BCUT2D eigenvalue weighted by molar-refractivity contribution is -0.125. The molecule has 1 saturated heterocycles. The van der Waals surface area contributed by atoms with Gasteiger partial charge in [0.2, 0.25) is 5.91 Å². The maximum absolute atomic E-state index is 13.1. The summed E-state index contributed by atoms with van der Waals surface area (Å²) >= 11 is 1.43. The second-order valence-electron chi connectivity index (χ2n) is 8.10. The Bertz CT molecular complexity index is 906. The van der Waals surface area contributed by atoms with Crippen molar-refractivity contribution in [1.82, 2.24) is 15.5 Å². The third kappa shape index (κ3) is 5.88. The van der Waals surface area contributed by atoms with E-state index in [0.717, 1.165) is 11.3 Å². The van der Waals surface area contributed by atoms with Crippen molar-refractivity contribution in [2.75, 3.05) is 20.2 Å². The van der Waals surface area contributed by atoms with Gasteiger partial charge in [-0.05, 0) is 67.8 Å². The molecule has 0 spiro atoms. The minimum atomic E-state index is -0.655. The van der Waals surface area contributed by atoms with Crippen LogP contribution in [0.4, 0.5) is 0 Å². The Morgan fingerprint density at radius 2 is 1.81 bits per heavy atom. The molecular formula is C24H31N3O4S. The molecule has 1 aliphatic rings. The lowest BCUT2D eigenvalue weighted by Gasteiger charge is -2.36. The highest BCUT2D eigenvalue weighted by molar-refractivity contribution is 7.12. The number of carbonyl (C=O) groups excluding carboxylic acids is 3. The van der Waals surface area contributed by atoms with Crippen LogP contribution in [-0.4, -0.2) is 54.9 Å². The number of benzene rings is 1. The average Bonchev–Trinajstić information content (AvgIpc) is 3.37. The first-order valence-corrected chi connectivity index (χ1v) is 11.9. The van der Waals surface area contributed by atoms with Gasteiger partial charge in [-0.3, -0.25) is 14.4 Å². The molecule has 2 heterocycles. The number of thiophene rings is 1. The molecule has 2 atom stereocenters. The Morgan fingerprint density at radius 3 is 2.38 bits per heavy atom. The van der Waals surface area contributed by atoms with Crippen LogP contribution in [0.2, 0.25) is 0 Å². The zero-order chi connectivity index (χ0) is 23.1. The topological polar surface area (TPSA) is 87.7 Å². The van der Waals surface area contributed by atoms with Gasteiger partial charge in [0.1, 0.15) is 11.8 Å². The van der Waals surface area contributed by atoms with E-state index in [9.17, 15) is 14.4 Å². The number of ether oxygens (including phenoxy) is 1. The molecule has 0 aliphatic carbocycles. The molecular weight excluding hydrogens is 426 g/mol. The Morgan fingerprint density at radius 1 is 1.12 bits per heavy atom. The highest BCUT2D eigenvalue weighted by Crippen LogP contribution is 2.24. The summed E-state index contributed by atoms with van der Waals surface area (Å²) in [5, 5.41) is 7.85. The van der Waals surface area contributed by atoms with E-state index in [1.807, 2.05) is 36.3 Å². The second kappa shape index (κ2) is 11.1. The van der Waals surface area contributed by atoms with Crippen molar-refractivity contribution in [3.05, 3.63) is 52.2 Å². The number of likely N-dealkylation sites (tertiary alicyclic amines) is 1. The number of rotatable bonds is 8. The van der Waals surface area contributed by atoms with Gasteiger partial charge < -0.3 is 20.3 Å². The molecule has 0 radical (unpaired) electrons. The molecule has 3 amide bonds. The molecule has 0 unspecified atom stereocenters. The maximum atomic E-state index is 13.1. The van der Waals surface area contributed by atoms with Crippen molar-refractivity contribution in [2.24, 2.45) is 5.92 Å². The predicted octanol–water partition coefficient (Wildman–Crippen LogP) is 3.32. The van der Waals surface area contributed by atoms with Crippen molar-refractivity contribution >= 4 is 29.1 Å². The van der Waals surface area contributed by atoms with Crippen LogP contribution in [0.15, 0.2) is 41.8 Å². The lowest BCUT2D eigenvalue weighted by atomic mass is 9.88. The molecule has 1 fully saturated rings. The Balaban J connectivity index is 1.69. The molecule has 0 saturated carbocycles. The van der Waals surface area contributed by atoms with Crippen molar-refractivity contribution < 1.29 is 19.1 Å². The monoisotopic (exact) mass is 457 g/mol. The highest BCUT2D eigenvalue weighted by atomic mass is 32.1. The van der Waals surface area contributed by atoms with Crippen LogP contribution in [0.25, 0.3) is 0 Å². The first-order valence-electron chi connectivity index (χ1n) is 11.0. The third-order valence-corrected chi connectivity index (χ3v) is 6.81. The highest BCUT2D eigenvalue weighted by Gasteiger charge is 2.34. The first-order chi connectivity index (χ1) is 15.4. The van der Waals surface area contributed by atoms with Gasteiger partial charge in [0.25, 0.3) is 11.8 Å². The van der Waals surface area contributed by atoms with Crippen molar-refractivity contribution in [3.8, 4) is 5.75 Å². The molecule has 1 aromatic heterocycles. The summed E-state index contributed by atoms with van der Waals surface area (Å²) in [7, 11) is 1.57. The molecule has 172 valence electrons.